The standard InChI is InChI=1S/C13H16O7/c1-2-11(14)20-19-7-10(13(17)18)8-5-3-4-6-9(8)12(15)16/h2-4,8-10H,1,5-7H2,(H,15,16)(H,17,18). The Balaban J connectivity index is 2.71. The van der Waals surface area contributed by atoms with Gasteiger partial charge >= 0.3 is 17.9 Å². The minimum Gasteiger partial charge on any atom is -0.481 e. The summed E-state index contributed by atoms with van der Waals surface area (Å²) in [5, 5.41) is 18.3. The van der Waals surface area contributed by atoms with Gasteiger partial charge in [-0.2, -0.15) is 4.89 Å². The number of hydrogen-bond acceptors (Lipinski definition) is 5. The Labute approximate surface area is 115 Å². The molecule has 1 aliphatic carbocycles. The van der Waals surface area contributed by atoms with Crippen molar-refractivity contribution in [1.29, 1.82) is 0 Å². The van der Waals surface area contributed by atoms with E-state index in [4.69, 9.17) is 5.11 Å². The van der Waals surface area contributed by atoms with E-state index in [0.29, 0.717) is 6.42 Å². The third kappa shape index (κ3) is 4.20. The van der Waals surface area contributed by atoms with Crippen LogP contribution in [-0.4, -0.2) is 34.7 Å². The van der Waals surface area contributed by atoms with Gasteiger partial charge in [-0.25, -0.2) is 4.79 Å². The molecule has 0 aromatic rings. The quantitative estimate of drug-likeness (QED) is 0.311. The predicted octanol–water partition coefficient (Wildman–Crippen LogP) is 1.02. The summed E-state index contributed by atoms with van der Waals surface area (Å²) in [6.45, 7) is 2.76. The van der Waals surface area contributed by atoms with Crippen LogP contribution in [0.3, 0.4) is 0 Å². The molecule has 7 heteroatoms. The molecule has 0 spiro atoms. The maximum atomic E-state index is 11.3. The molecule has 20 heavy (non-hydrogen) atoms. The van der Waals surface area contributed by atoms with Crippen molar-refractivity contribution in [3.05, 3.63) is 24.8 Å². The fraction of sp³-hybridized carbons (Fsp3) is 0.462. The third-order valence-corrected chi connectivity index (χ3v) is 3.19. The van der Waals surface area contributed by atoms with Crippen LogP contribution in [0.2, 0.25) is 0 Å². The molecule has 2 N–H and O–H groups in total. The Bertz CT molecular complexity index is 426. The molecule has 0 heterocycles. The lowest BCUT2D eigenvalue weighted by Crippen LogP contribution is -2.37. The molecule has 0 radical (unpaired) electrons. The van der Waals surface area contributed by atoms with Crippen molar-refractivity contribution in [2.45, 2.75) is 12.8 Å². The maximum absolute atomic E-state index is 11.3. The molecule has 0 bridgehead atoms. The number of aliphatic carboxylic acids is 2. The van der Waals surface area contributed by atoms with E-state index < -0.39 is 42.3 Å². The second-order valence-electron chi connectivity index (χ2n) is 4.39. The summed E-state index contributed by atoms with van der Waals surface area (Å²) in [7, 11) is 0. The van der Waals surface area contributed by atoms with Gasteiger partial charge in [-0.15, -0.1) is 0 Å². The molecule has 1 rings (SSSR count). The summed E-state index contributed by atoms with van der Waals surface area (Å²) in [4.78, 5) is 42.0. The molecular weight excluding hydrogens is 268 g/mol. The number of rotatable bonds is 7. The normalized spacial score (nSPS) is 22.8. The summed E-state index contributed by atoms with van der Waals surface area (Å²) >= 11 is 0. The summed E-state index contributed by atoms with van der Waals surface area (Å²) in [6.07, 6.45) is 4.94. The Morgan fingerprint density at radius 2 is 1.95 bits per heavy atom. The van der Waals surface area contributed by atoms with E-state index in [1.165, 1.54) is 0 Å². The van der Waals surface area contributed by atoms with E-state index >= 15 is 0 Å². The molecule has 0 aliphatic heterocycles. The monoisotopic (exact) mass is 284 g/mol. The highest BCUT2D eigenvalue weighted by atomic mass is 17.2. The predicted molar refractivity (Wildman–Crippen MR) is 66.4 cm³/mol. The molecule has 3 atom stereocenters. The number of carboxylic acid groups (broad SMARTS) is 2. The molecule has 0 aromatic heterocycles. The Kier molecular flexibility index (Phi) is 5.92. The zero-order chi connectivity index (χ0) is 15.1. The number of carbonyl (C=O) groups is 3. The van der Waals surface area contributed by atoms with Crippen LogP contribution in [0.15, 0.2) is 24.8 Å². The Morgan fingerprint density at radius 1 is 1.30 bits per heavy atom. The smallest absolute Gasteiger partial charge is 0.365 e. The Morgan fingerprint density at radius 3 is 2.50 bits per heavy atom. The molecule has 0 saturated carbocycles. The molecule has 0 saturated heterocycles. The molecule has 7 nitrogen and oxygen atoms in total. The van der Waals surface area contributed by atoms with Crippen molar-refractivity contribution in [2.24, 2.45) is 17.8 Å². The highest BCUT2D eigenvalue weighted by molar-refractivity contribution is 5.80. The van der Waals surface area contributed by atoms with E-state index in [9.17, 15) is 19.5 Å². The topological polar surface area (TPSA) is 110 Å². The van der Waals surface area contributed by atoms with Gasteiger partial charge in [0.25, 0.3) is 0 Å². The van der Waals surface area contributed by atoms with Gasteiger partial charge in [0.1, 0.15) is 6.61 Å². The third-order valence-electron chi connectivity index (χ3n) is 3.19. The largest absolute Gasteiger partial charge is 0.481 e. The van der Waals surface area contributed by atoms with Crippen molar-refractivity contribution in [3.63, 3.8) is 0 Å². The SMILES string of the molecule is C=CC(=O)OOCC(C(=O)O)C1CC=CCC1C(=O)O. The van der Waals surface area contributed by atoms with E-state index in [1.54, 1.807) is 12.2 Å². The van der Waals surface area contributed by atoms with Gasteiger partial charge in [-0.05, 0) is 18.8 Å². The van der Waals surface area contributed by atoms with E-state index in [2.05, 4.69) is 16.4 Å². The molecular formula is C13H16O7. The van der Waals surface area contributed by atoms with E-state index in [1.807, 2.05) is 0 Å². The van der Waals surface area contributed by atoms with E-state index in [-0.39, 0.29) is 6.42 Å². The van der Waals surface area contributed by atoms with Crippen LogP contribution in [0.25, 0.3) is 0 Å². The summed E-state index contributed by atoms with van der Waals surface area (Å²) in [5.41, 5.74) is 0. The first-order valence-corrected chi connectivity index (χ1v) is 6.03. The fourth-order valence-electron chi connectivity index (χ4n) is 2.14. The lowest BCUT2D eigenvalue weighted by molar-refractivity contribution is -0.275. The summed E-state index contributed by atoms with van der Waals surface area (Å²) in [5.74, 6) is -5.55. The first-order valence-electron chi connectivity index (χ1n) is 6.03. The van der Waals surface area contributed by atoms with Crippen molar-refractivity contribution < 1.29 is 34.4 Å². The fourth-order valence-corrected chi connectivity index (χ4v) is 2.14. The number of hydrogen-bond donors (Lipinski definition) is 2. The van der Waals surface area contributed by atoms with Crippen LogP contribution in [0, 0.1) is 17.8 Å². The summed E-state index contributed by atoms with van der Waals surface area (Å²) in [6, 6.07) is 0. The minimum atomic E-state index is -1.19. The maximum Gasteiger partial charge on any atom is 0.365 e. The van der Waals surface area contributed by atoms with Gasteiger partial charge in [-0.3, -0.25) is 14.5 Å². The van der Waals surface area contributed by atoms with Crippen LogP contribution in [0.1, 0.15) is 12.8 Å². The van der Waals surface area contributed by atoms with Gasteiger partial charge < -0.3 is 10.2 Å². The lowest BCUT2D eigenvalue weighted by Gasteiger charge is -2.29. The van der Waals surface area contributed by atoms with Crippen molar-refractivity contribution >= 4 is 17.9 Å². The lowest BCUT2D eigenvalue weighted by atomic mass is 9.75. The van der Waals surface area contributed by atoms with E-state index in [0.717, 1.165) is 6.08 Å². The number of allylic oxidation sites excluding steroid dienone is 2. The first kappa shape index (κ1) is 15.9. The number of carbonyl (C=O) groups excluding carboxylic acids is 1. The van der Waals surface area contributed by atoms with Crippen LogP contribution < -0.4 is 0 Å². The Hall–Kier alpha value is -2.15. The van der Waals surface area contributed by atoms with Crippen molar-refractivity contribution in [1.82, 2.24) is 0 Å². The number of carboxylic acids is 2. The molecule has 1 aliphatic rings. The zero-order valence-corrected chi connectivity index (χ0v) is 10.7. The zero-order valence-electron chi connectivity index (χ0n) is 10.7. The molecule has 0 aromatic carbocycles. The molecule has 0 fully saturated rings. The van der Waals surface area contributed by atoms with Gasteiger partial charge in [-0.1, -0.05) is 18.7 Å². The van der Waals surface area contributed by atoms with Gasteiger partial charge in [0, 0.05) is 6.08 Å². The summed E-state index contributed by atoms with van der Waals surface area (Å²) < 4.78 is 0. The van der Waals surface area contributed by atoms with Crippen molar-refractivity contribution in [3.8, 4) is 0 Å². The highest BCUT2D eigenvalue weighted by Crippen LogP contribution is 2.32. The van der Waals surface area contributed by atoms with Crippen LogP contribution in [-0.2, 0) is 24.2 Å². The molecule has 0 amide bonds. The second kappa shape index (κ2) is 7.44. The van der Waals surface area contributed by atoms with Gasteiger partial charge in [0.05, 0.1) is 11.8 Å². The van der Waals surface area contributed by atoms with Crippen molar-refractivity contribution in [2.75, 3.05) is 6.61 Å². The minimum absolute atomic E-state index is 0.274. The van der Waals surface area contributed by atoms with Crippen LogP contribution in [0.5, 0.6) is 0 Å². The average molecular weight is 284 g/mol. The van der Waals surface area contributed by atoms with Crippen LogP contribution >= 0.6 is 0 Å². The van der Waals surface area contributed by atoms with Gasteiger partial charge in [0.15, 0.2) is 0 Å². The second-order valence-corrected chi connectivity index (χ2v) is 4.39. The molecule has 3 unspecified atom stereocenters. The van der Waals surface area contributed by atoms with Crippen LogP contribution in [0.4, 0.5) is 0 Å². The highest BCUT2D eigenvalue weighted by Gasteiger charge is 2.38. The van der Waals surface area contributed by atoms with Gasteiger partial charge in [0.2, 0.25) is 0 Å². The first-order chi connectivity index (χ1) is 9.47. The molecule has 110 valence electrons. The average Bonchev–Trinajstić information content (AvgIpc) is 2.42.